The Labute approximate surface area is 88.9 Å². The van der Waals surface area contributed by atoms with Gasteiger partial charge in [-0.15, -0.1) is 24.0 Å². The second-order valence-electron chi connectivity index (χ2n) is 2.73. The molecule has 4 nitrogen and oxygen atoms in total. The maximum atomic E-state index is 10.7. The van der Waals surface area contributed by atoms with Gasteiger partial charge in [-0.3, -0.25) is 10.1 Å². The van der Waals surface area contributed by atoms with E-state index in [0.29, 0.717) is 15.3 Å². The lowest BCUT2D eigenvalue weighted by Crippen LogP contribution is -1.90. The molecular formula is C8H6N2O2S2. The van der Waals surface area contributed by atoms with Crippen LogP contribution in [-0.4, -0.2) is 4.92 Å². The third-order valence-electron chi connectivity index (χ3n) is 1.91. The number of nitro benzene ring substituents is 1. The van der Waals surface area contributed by atoms with Crippen molar-refractivity contribution in [2.75, 3.05) is 5.73 Å². The number of fused-ring (bicyclic) bond motifs is 1. The van der Waals surface area contributed by atoms with Gasteiger partial charge in [0, 0.05) is 10.8 Å². The molecule has 0 aliphatic heterocycles. The third kappa shape index (κ3) is 1.23. The number of benzene rings is 1. The van der Waals surface area contributed by atoms with Crippen LogP contribution in [0.4, 0.5) is 11.4 Å². The van der Waals surface area contributed by atoms with Crippen LogP contribution < -0.4 is 5.73 Å². The minimum Gasteiger partial charge on any atom is -0.396 e. The monoisotopic (exact) mass is 226 g/mol. The zero-order chi connectivity index (χ0) is 10.3. The van der Waals surface area contributed by atoms with Gasteiger partial charge in [0.2, 0.25) is 0 Å². The third-order valence-corrected chi connectivity index (χ3v) is 3.40. The lowest BCUT2D eigenvalue weighted by Gasteiger charge is -1.94. The largest absolute Gasteiger partial charge is 0.396 e. The molecule has 0 bridgehead atoms. The topological polar surface area (TPSA) is 69.2 Å². The molecule has 1 heterocycles. The van der Waals surface area contributed by atoms with Gasteiger partial charge in [0.15, 0.2) is 0 Å². The number of anilines is 1. The van der Waals surface area contributed by atoms with E-state index in [4.69, 9.17) is 5.73 Å². The van der Waals surface area contributed by atoms with Gasteiger partial charge in [-0.1, -0.05) is 6.07 Å². The van der Waals surface area contributed by atoms with Crippen molar-refractivity contribution < 1.29 is 4.92 Å². The average molecular weight is 226 g/mol. The number of nitro groups is 1. The van der Waals surface area contributed by atoms with Crippen LogP contribution in [0.15, 0.2) is 22.4 Å². The molecule has 0 aliphatic carbocycles. The van der Waals surface area contributed by atoms with E-state index in [1.165, 1.54) is 17.4 Å². The van der Waals surface area contributed by atoms with Gasteiger partial charge in [-0.25, -0.2) is 0 Å². The Morgan fingerprint density at radius 2 is 2.21 bits per heavy atom. The van der Waals surface area contributed by atoms with Crippen molar-refractivity contribution in [3.05, 3.63) is 28.3 Å². The van der Waals surface area contributed by atoms with E-state index < -0.39 is 4.92 Å². The molecule has 0 aliphatic rings. The number of rotatable bonds is 1. The van der Waals surface area contributed by atoms with Crippen molar-refractivity contribution in [2.24, 2.45) is 0 Å². The number of nitrogens with two attached hydrogens (primary N) is 1. The molecule has 0 spiro atoms. The minimum absolute atomic E-state index is 0.0385. The first-order valence-corrected chi connectivity index (χ1v) is 5.02. The molecule has 0 fully saturated rings. The molecule has 0 saturated carbocycles. The highest BCUT2D eigenvalue weighted by atomic mass is 32.2. The standard InChI is InChI=1S/C8H6N2O2S2/c9-7-6-4(10(11)12)2-1-3-5(6)14-8(7)13/h1-3,13H,9H2. The number of hydrogen-bond donors (Lipinski definition) is 2. The summed E-state index contributed by atoms with van der Waals surface area (Å²) in [6, 6.07) is 4.88. The van der Waals surface area contributed by atoms with Gasteiger partial charge in [0.25, 0.3) is 5.69 Å². The predicted octanol–water partition coefficient (Wildman–Crippen LogP) is 2.68. The molecule has 0 saturated heterocycles. The van der Waals surface area contributed by atoms with E-state index in [2.05, 4.69) is 12.6 Å². The molecule has 2 rings (SSSR count). The second-order valence-corrected chi connectivity index (χ2v) is 4.53. The van der Waals surface area contributed by atoms with Gasteiger partial charge in [0.05, 0.1) is 20.2 Å². The molecular weight excluding hydrogens is 220 g/mol. The van der Waals surface area contributed by atoms with Crippen LogP contribution in [0, 0.1) is 10.1 Å². The summed E-state index contributed by atoms with van der Waals surface area (Å²) in [5, 5.41) is 11.2. The molecule has 14 heavy (non-hydrogen) atoms. The molecule has 0 atom stereocenters. The summed E-state index contributed by atoms with van der Waals surface area (Å²) in [5.41, 5.74) is 6.13. The van der Waals surface area contributed by atoms with Crippen molar-refractivity contribution in [1.82, 2.24) is 0 Å². The number of non-ortho nitro benzene ring substituents is 1. The molecule has 0 unspecified atom stereocenters. The van der Waals surface area contributed by atoms with Crippen molar-refractivity contribution in [1.29, 1.82) is 0 Å². The Morgan fingerprint density at radius 1 is 1.50 bits per heavy atom. The lowest BCUT2D eigenvalue weighted by molar-refractivity contribution is -0.383. The fourth-order valence-electron chi connectivity index (χ4n) is 1.29. The van der Waals surface area contributed by atoms with Crippen LogP contribution in [0.1, 0.15) is 0 Å². The van der Waals surface area contributed by atoms with Gasteiger partial charge >= 0.3 is 0 Å². The maximum absolute atomic E-state index is 10.7. The molecule has 1 aromatic carbocycles. The van der Waals surface area contributed by atoms with Crippen molar-refractivity contribution in [2.45, 2.75) is 4.21 Å². The van der Waals surface area contributed by atoms with Crippen LogP contribution >= 0.6 is 24.0 Å². The summed E-state index contributed by atoms with van der Waals surface area (Å²) < 4.78 is 1.41. The molecule has 0 amide bonds. The van der Waals surface area contributed by atoms with E-state index in [-0.39, 0.29) is 5.69 Å². The maximum Gasteiger partial charge on any atom is 0.280 e. The Morgan fingerprint density at radius 3 is 2.86 bits per heavy atom. The normalized spacial score (nSPS) is 10.6. The zero-order valence-electron chi connectivity index (χ0n) is 6.93. The second kappa shape index (κ2) is 3.14. The van der Waals surface area contributed by atoms with E-state index in [1.807, 2.05) is 0 Å². The fraction of sp³-hybridized carbons (Fsp3) is 0. The Hall–Kier alpha value is -1.27. The van der Waals surface area contributed by atoms with E-state index >= 15 is 0 Å². The van der Waals surface area contributed by atoms with Gasteiger partial charge in [-0.2, -0.15) is 0 Å². The summed E-state index contributed by atoms with van der Waals surface area (Å²) in [6.07, 6.45) is 0. The summed E-state index contributed by atoms with van der Waals surface area (Å²) >= 11 is 5.49. The summed E-state index contributed by atoms with van der Waals surface area (Å²) in [4.78, 5) is 10.3. The highest BCUT2D eigenvalue weighted by Gasteiger charge is 2.17. The van der Waals surface area contributed by atoms with Crippen molar-refractivity contribution >= 4 is 45.4 Å². The first-order valence-electron chi connectivity index (χ1n) is 3.75. The fourth-order valence-corrected chi connectivity index (χ4v) is 2.58. The smallest absolute Gasteiger partial charge is 0.280 e. The number of thiol groups is 1. The molecule has 0 radical (unpaired) electrons. The zero-order valence-corrected chi connectivity index (χ0v) is 8.64. The first-order chi connectivity index (χ1) is 6.61. The molecule has 1 aromatic heterocycles. The highest BCUT2D eigenvalue weighted by molar-refractivity contribution is 7.83. The van der Waals surface area contributed by atoms with E-state index in [1.54, 1.807) is 12.1 Å². The quantitative estimate of drug-likeness (QED) is 0.446. The minimum atomic E-state index is -0.432. The Balaban J connectivity index is 2.91. The van der Waals surface area contributed by atoms with Crippen LogP contribution in [0.3, 0.4) is 0 Å². The van der Waals surface area contributed by atoms with Crippen molar-refractivity contribution in [3.8, 4) is 0 Å². The first kappa shape index (κ1) is 9.29. The molecule has 2 N–H and O–H groups in total. The number of hydrogen-bond acceptors (Lipinski definition) is 5. The molecule has 6 heteroatoms. The van der Waals surface area contributed by atoms with Gasteiger partial charge in [0.1, 0.15) is 0 Å². The number of nitrogens with zero attached hydrogens (tertiary/aromatic N) is 1. The molecule has 72 valence electrons. The average Bonchev–Trinajstić information content (AvgIpc) is 2.43. The van der Waals surface area contributed by atoms with Gasteiger partial charge < -0.3 is 5.73 Å². The molecule has 2 aromatic rings. The summed E-state index contributed by atoms with van der Waals surface area (Å²) in [7, 11) is 0. The lowest BCUT2D eigenvalue weighted by atomic mass is 10.2. The Bertz CT molecular complexity index is 521. The van der Waals surface area contributed by atoms with Crippen LogP contribution in [0.5, 0.6) is 0 Å². The Kier molecular flexibility index (Phi) is 2.09. The highest BCUT2D eigenvalue weighted by Crippen LogP contribution is 2.40. The number of thiophene rings is 1. The van der Waals surface area contributed by atoms with Crippen molar-refractivity contribution in [3.63, 3.8) is 0 Å². The SMILES string of the molecule is Nc1c(S)sc2cccc([N+](=O)[O-])c12. The van der Waals surface area contributed by atoms with Gasteiger partial charge in [-0.05, 0) is 6.07 Å². The van der Waals surface area contributed by atoms with Crippen LogP contribution in [0.2, 0.25) is 0 Å². The summed E-state index contributed by atoms with van der Waals surface area (Å²) in [5.74, 6) is 0. The number of nitrogen functional groups attached to an aromatic ring is 1. The van der Waals surface area contributed by atoms with Crippen LogP contribution in [-0.2, 0) is 0 Å². The summed E-state index contributed by atoms with van der Waals surface area (Å²) in [6.45, 7) is 0. The predicted molar refractivity (Wildman–Crippen MR) is 60.1 cm³/mol. The van der Waals surface area contributed by atoms with E-state index in [9.17, 15) is 10.1 Å². The van der Waals surface area contributed by atoms with Crippen LogP contribution in [0.25, 0.3) is 10.1 Å². The van der Waals surface area contributed by atoms with E-state index in [0.717, 1.165) is 4.70 Å².